The molecule has 3 rings (SSSR count). The minimum Gasteiger partial charge on any atom is -0.344 e. The molecule has 0 radical (unpaired) electrons. The maximum Gasteiger partial charge on any atom is 0.250 e. The van der Waals surface area contributed by atoms with E-state index in [2.05, 4.69) is 15.3 Å². The average Bonchev–Trinajstić information content (AvgIpc) is 2.98. The predicted octanol–water partition coefficient (Wildman–Crippen LogP) is 2.24. The van der Waals surface area contributed by atoms with E-state index in [9.17, 15) is 9.59 Å². The molecule has 0 saturated carbocycles. The van der Waals surface area contributed by atoms with Crippen molar-refractivity contribution in [2.75, 3.05) is 0 Å². The number of nitrogens with one attached hydrogen (secondary N) is 2. The molecule has 2 aromatic heterocycles. The Morgan fingerprint density at radius 3 is 2.67 bits per heavy atom. The summed E-state index contributed by atoms with van der Waals surface area (Å²) >= 11 is 0. The van der Waals surface area contributed by atoms with E-state index in [0.717, 1.165) is 16.9 Å². The molecule has 24 heavy (non-hydrogen) atoms. The van der Waals surface area contributed by atoms with Crippen LogP contribution in [0.3, 0.4) is 0 Å². The standard InChI is InChI=1S/C18H20N4O2/c1-12(2)17(18-19-13-7-3-4-8-14(13)20-18)21-15(23)11-22-10-6-5-9-16(22)24/h3-10,12,17H,11H2,1-2H3,(H,19,20)(H,21,23)/t17-/m0/s1. The number of hydrogen-bond donors (Lipinski definition) is 2. The summed E-state index contributed by atoms with van der Waals surface area (Å²) in [6, 6.07) is 12.3. The van der Waals surface area contributed by atoms with Crippen LogP contribution in [0.15, 0.2) is 53.5 Å². The summed E-state index contributed by atoms with van der Waals surface area (Å²) < 4.78 is 1.38. The second-order valence-corrected chi connectivity index (χ2v) is 6.10. The lowest BCUT2D eigenvalue weighted by atomic mass is 10.0. The van der Waals surface area contributed by atoms with Crippen LogP contribution in [0.2, 0.25) is 0 Å². The van der Waals surface area contributed by atoms with Gasteiger partial charge in [-0.15, -0.1) is 0 Å². The number of carbonyl (C=O) groups excluding carboxylic acids is 1. The second-order valence-electron chi connectivity index (χ2n) is 6.10. The largest absolute Gasteiger partial charge is 0.344 e. The van der Waals surface area contributed by atoms with Crippen LogP contribution in [-0.4, -0.2) is 20.4 Å². The number of benzene rings is 1. The fourth-order valence-corrected chi connectivity index (χ4v) is 2.64. The molecule has 0 unspecified atom stereocenters. The van der Waals surface area contributed by atoms with Gasteiger partial charge in [-0.2, -0.15) is 0 Å². The number of imidazole rings is 1. The van der Waals surface area contributed by atoms with Crippen LogP contribution in [-0.2, 0) is 11.3 Å². The van der Waals surface area contributed by atoms with Crippen molar-refractivity contribution in [3.05, 3.63) is 64.8 Å². The summed E-state index contributed by atoms with van der Waals surface area (Å²) in [6.07, 6.45) is 1.60. The number of aromatic amines is 1. The molecule has 2 heterocycles. The van der Waals surface area contributed by atoms with Crippen molar-refractivity contribution >= 4 is 16.9 Å². The number of nitrogens with zero attached hydrogens (tertiary/aromatic N) is 2. The van der Waals surface area contributed by atoms with Gasteiger partial charge in [0.05, 0.1) is 17.1 Å². The van der Waals surface area contributed by atoms with Gasteiger partial charge in [0.15, 0.2) is 0 Å². The van der Waals surface area contributed by atoms with E-state index in [4.69, 9.17) is 0 Å². The molecule has 1 aromatic carbocycles. The minimum atomic E-state index is -0.246. The molecular formula is C18H20N4O2. The van der Waals surface area contributed by atoms with Gasteiger partial charge < -0.3 is 14.9 Å². The van der Waals surface area contributed by atoms with Crippen LogP contribution in [0.1, 0.15) is 25.7 Å². The highest BCUT2D eigenvalue weighted by atomic mass is 16.2. The number of pyridine rings is 1. The topological polar surface area (TPSA) is 79.8 Å². The molecule has 6 heteroatoms. The summed E-state index contributed by atoms with van der Waals surface area (Å²) in [5.41, 5.74) is 1.61. The molecule has 2 N–H and O–H groups in total. The fraction of sp³-hybridized carbons (Fsp3) is 0.278. The van der Waals surface area contributed by atoms with E-state index < -0.39 is 0 Å². The highest BCUT2D eigenvalue weighted by Gasteiger charge is 2.21. The zero-order chi connectivity index (χ0) is 17.1. The number of para-hydroxylation sites is 2. The molecule has 0 bridgehead atoms. The van der Waals surface area contributed by atoms with Crippen molar-refractivity contribution in [2.45, 2.75) is 26.4 Å². The van der Waals surface area contributed by atoms with Crippen molar-refractivity contribution in [2.24, 2.45) is 5.92 Å². The number of carbonyl (C=O) groups is 1. The number of rotatable bonds is 5. The quantitative estimate of drug-likeness (QED) is 0.755. The Balaban J connectivity index is 1.80. The maximum absolute atomic E-state index is 12.4. The van der Waals surface area contributed by atoms with Crippen molar-refractivity contribution < 1.29 is 4.79 Å². The summed E-state index contributed by atoms with van der Waals surface area (Å²) in [7, 11) is 0. The third kappa shape index (κ3) is 3.37. The molecule has 0 spiro atoms. The number of hydrogen-bond acceptors (Lipinski definition) is 3. The molecule has 0 saturated heterocycles. The maximum atomic E-state index is 12.4. The van der Waals surface area contributed by atoms with Crippen LogP contribution < -0.4 is 10.9 Å². The van der Waals surface area contributed by atoms with Gasteiger partial charge in [0, 0.05) is 12.3 Å². The molecule has 0 aliphatic carbocycles. The molecule has 1 atom stereocenters. The smallest absolute Gasteiger partial charge is 0.250 e. The normalized spacial score (nSPS) is 12.5. The van der Waals surface area contributed by atoms with E-state index in [0.29, 0.717) is 0 Å². The monoisotopic (exact) mass is 324 g/mol. The van der Waals surface area contributed by atoms with Gasteiger partial charge in [-0.3, -0.25) is 9.59 Å². The van der Waals surface area contributed by atoms with Crippen LogP contribution in [0, 0.1) is 5.92 Å². The van der Waals surface area contributed by atoms with Gasteiger partial charge >= 0.3 is 0 Å². The lowest BCUT2D eigenvalue weighted by Gasteiger charge is -2.20. The van der Waals surface area contributed by atoms with Crippen LogP contribution in [0.5, 0.6) is 0 Å². The third-order valence-corrected chi connectivity index (χ3v) is 3.90. The SMILES string of the molecule is CC(C)[C@H](NC(=O)Cn1ccccc1=O)c1nc2ccccc2[nH]1. The molecule has 0 aliphatic heterocycles. The van der Waals surface area contributed by atoms with E-state index in [1.807, 2.05) is 38.1 Å². The number of fused-ring (bicyclic) bond motifs is 1. The molecule has 3 aromatic rings. The first-order chi connectivity index (χ1) is 11.5. The number of aromatic nitrogens is 3. The Bertz CT molecular complexity index is 877. The lowest BCUT2D eigenvalue weighted by Crippen LogP contribution is -2.36. The highest BCUT2D eigenvalue weighted by molar-refractivity contribution is 5.77. The van der Waals surface area contributed by atoms with Crippen molar-refractivity contribution in [1.82, 2.24) is 19.9 Å². The number of H-pyrrole nitrogens is 1. The minimum absolute atomic E-state index is 0.0108. The van der Waals surface area contributed by atoms with Crippen LogP contribution in [0.4, 0.5) is 0 Å². The molecule has 0 aliphatic rings. The second kappa shape index (κ2) is 6.70. The third-order valence-electron chi connectivity index (χ3n) is 3.90. The summed E-state index contributed by atoms with van der Waals surface area (Å²) in [5.74, 6) is 0.657. The van der Waals surface area contributed by atoms with Gasteiger partial charge in [0.25, 0.3) is 5.56 Å². The lowest BCUT2D eigenvalue weighted by molar-refractivity contribution is -0.122. The van der Waals surface area contributed by atoms with E-state index in [1.165, 1.54) is 10.6 Å². The van der Waals surface area contributed by atoms with E-state index >= 15 is 0 Å². The summed E-state index contributed by atoms with van der Waals surface area (Å²) in [4.78, 5) is 31.9. The Labute approximate surface area is 139 Å². The highest BCUT2D eigenvalue weighted by Crippen LogP contribution is 2.22. The Morgan fingerprint density at radius 2 is 1.96 bits per heavy atom. The first kappa shape index (κ1) is 16.0. The molecule has 6 nitrogen and oxygen atoms in total. The fourth-order valence-electron chi connectivity index (χ4n) is 2.64. The van der Waals surface area contributed by atoms with Crippen molar-refractivity contribution in [3.8, 4) is 0 Å². The first-order valence-electron chi connectivity index (χ1n) is 7.94. The average molecular weight is 324 g/mol. The molecule has 124 valence electrons. The Morgan fingerprint density at radius 1 is 1.21 bits per heavy atom. The van der Waals surface area contributed by atoms with Crippen LogP contribution in [0.25, 0.3) is 11.0 Å². The van der Waals surface area contributed by atoms with Crippen molar-refractivity contribution in [3.63, 3.8) is 0 Å². The zero-order valence-electron chi connectivity index (χ0n) is 13.7. The predicted molar refractivity (Wildman–Crippen MR) is 92.5 cm³/mol. The van der Waals surface area contributed by atoms with E-state index in [1.54, 1.807) is 18.3 Å². The molecule has 1 amide bonds. The van der Waals surface area contributed by atoms with E-state index in [-0.39, 0.29) is 30.0 Å². The van der Waals surface area contributed by atoms with Gasteiger partial charge in [-0.05, 0) is 24.1 Å². The number of amides is 1. The van der Waals surface area contributed by atoms with Crippen molar-refractivity contribution in [1.29, 1.82) is 0 Å². The Kier molecular flexibility index (Phi) is 4.46. The summed E-state index contributed by atoms with van der Waals surface area (Å²) in [6.45, 7) is 4.03. The first-order valence-corrected chi connectivity index (χ1v) is 7.94. The van der Waals surface area contributed by atoms with Gasteiger partial charge in [0.2, 0.25) is 5.91 Å². The Hall–Kier alpha value is -2.89. The molecule has 0 fully saturated rings. The molecular weight excluding hydrogens is 304 g/mol. The van der Waals surface area contributed by atoms with Gasteiger partial charge in [-0.1, -0.05) is 32.0 Å². The van der Waals surface area contributed by atoms with Gasteiger partial charge in [0.1, 0.15) is 12.4 Å². The summed E-state index contributed by atoms with van der Waals surface area (Å²) in [5, 5.41) is 2.98. The van der Waals surface area contributed by atoms with Crippen LogP contribution >= 0.6 is 0 Å². The van der Waals surface area contributed by atoms with Gasteiger partial charge in [-0.25, -0.2) is 4.98 Å². The zero-order valence-corrected chi connectivity index (χ0v) is 13.7.